The Labute approximate surface area is 157 Å². The summed E-state index contributed by atoms with van der Waals surface area (Å²) < 4.78 is 0. The molecule has 2 rings (SSSR count). The van der Waals surface area contributed by atoms with Crippen LogP contribution in [0.4, 0.5) is 11.4 Å². The van der Waals surface area contributed by atoms with Gasteiger partial charge in [-0.3, -0.25) is 9.59 Å². The van der Waals surface area contributed by atoms with Gasteiger partial charge in [-0.25, -0.2) is 0 Å². The van der Waals surface area contributed by atoms with E-state index in [9.17, 15) is 9.59 Å². The molecule has 0 saturated heterocycles. The smallest absolute Gasteiger partial charge is 0.282 e. The first-order valence-electron chi connectivity index (χ1n) is 8.09. The number of amides is 2. The van der Waals surface area contributed by atoms with Gasteiger partial charge in [-0.15, -0.1) is 0 Å². The molecule has 1 unspecified atom stereocenters. The van der Waals surface area contributed by atoms with Crippen molar-refractivity contribution in [2.75, 3.05) is 24.2 Å². The quantitative estimate of drug-likeness (QED) is 0.722. The van der Waals surface area contributed by atoms with E-state index < -0.39 is 6.04 Å². The molecular weight excluding hydrogens is 352 g/mol. The molecule has 6 nitrogen and oxygen atoms in total. The van der Waals surface area contributed by atoms with Crippen LogP contribution in [0.5, 0.6) is 0 Å². The van der Waals surface area contributed by atoms with Crippen LogP contribution in [0.3, 0.4) is 0 Å². The topological polar surface area (TPSA) is 86.4 Å². The number of carbonyl (C=O) groups excluding carboxylic acids is 2. The Kier molecular flexibility index (Phi) is 6.73. The second-order valence-corrected chi connectivity index (χ2v) is 6.33. The second kappa shape index (κ2) is 8.99. The van der Waals surface area contributed by atoms with Gasteiger partial charge in [0.15, 0.2) is 12.6 Å². The zero-order valence-electron chi connectivity index (χ0n) is 14.5. The highest BCUT2D eigenvalue weighted by atomic mass is 35.5. The van der Waals surface area contributed by atoms with Crippen LogP contribution < -0.4 is 15.5 Å². The molecule has 2 atom stereocenters. The predicted octanol–water partition coefficient (Wildman–Crippen LogP) is 1.69. The molecule has 134 valence electrons. The average Bonchev–Trinajstić information content (AvgIpc) is 2.63. The van der Waals surface area contributed by atoms with Crippen molar-refractivity contribution in [1.82, 2.24) is 0 Å². The van der Waals surface area contributed by atoms with Crippen LogP contribution >= 0.6 is 11.6 Å². The number of hydrogen-bond donors (Lipinski definition) is 3. The SMILES string of the molecule is C[C@H](C(=O)Nc1ccccc1C#N)[NH+](C)CC(=O)Nc1ccccc1Cl. The molecule has 0 bridgehead atoms. The Morgan fingerprint density at radius 3 is 2.38 bits per heavy atom. The lowest BCUT2D eigenvalue weighted by atomic mass is 10.2. The normalized spacial score (nSPS) is 12.5. The van der Waals surface area contributed by atoms with Crippen molar-refractivity contribution in [2.24, 2.45) is 0 Å². The fourth-order valence-electron chi connectivity index (χ4n) is 2.32. The molecule has 0 radical (unpaired) electrons. The zero-order valence-corrected chi connectivity index (χ0v) is 15.3. The summed E-state index contributed by atoms with van der Waals surface area (Å²) in [6.45, 7) is 1.82. The summed E-state index contributed by atoms with van der Waals surface area (Å²) in [6, 6.07) is 15.3. The van der Waals surface area contributed by atoms with Gasteiger partial charge >= 0.3 is 0 Å². The molecular formula is C19H20ClN4O2+. The van der Waals surface area contributed by atoms with Crippen LogP contribution in [0.15, 0.2) is 48.5 Å². The molecule has 0 aliphatic rings. The van der Waals surface area contributed by atoms with Crippen LogP contribution in [0, 0.1) is 11.3 Å². The summed E-state index contributed by atoms with van der Waals surface area (Å²) in [7, 11) is 1.76. The number of quaternary nitrogens is 1. The number of halogens is 1. The summed E-state index contributed by atoms with van der Waals surface area (Å²) in [4.78, 5) is 25.3. The lowest BCUT2D eigenvalue weighted by molar-refractivity contribution is -0.885. The molecule has 7 heteroatoms. The third-order valence-electron chi connectivity index (χ3n) is 4.03. The minimum atomic E-state index is -0.487. The van der Waals surface area contributed by atoms with Gasteiger partial charge in [-0.1, -0.05) is 35.9 Å². The largest absolute Gasteiger partial charge is 0.320 e. The van der Waals surface area contributed by atoms with Gasteiger partial charge in [-0.2, -0.15) is 5.26 Å². The molecule has 26 heavy (non-hydrogen) atoms. The van der Waals surface area contributed by atoms with Gasteiger partial charge in [0, 0.05) is 0 Å². The fraction of sp³-hybridized carbons (Fsp3) is 0.211. The van der Waals surface area contributed by atoms with E-state index in [1.807, 2.05) is 6.07 Å². The lowest BCUT2D eigenvalue weighted by Gasteiger charge is -2.21. The molecule has 3 N–H and O–H groups in total. The molecule has 2 amide bonds. The van der Waals surface area contributed by atoms with Gasteiger partial charge in [-0.05, 0) is 31.2 Å². The molecule has 0 spiro atoms. The monoisotopic (exact) mass is 371 g/mol. The number of nitriles is 1. The van der Waals surface area contributed by atoms with Crippen LogP contribution in [-0.2, 0) is 9.59 Å². The van der Waals surface area contributed by atoms with E-state index in [1.54, 1.807) is 62.5 Å². The number of carbonyl (C=O) groups is 2. The number of nitrogens with one attached hydrogen (secondary N) is 3. The molecule has 0 aromatic heterocycles. The number of benzene rings is 2. The molecule has 0 aliphatic carbocycles. The first-order chi connectivity index (χ1) is 12.4. The minimum absolute atomic E-state index is 0.0969. The van der Waals surface area contributed by atoms with Crippen molar-refractivity contribution in [2.45, 2.75) is 13.0 Å². The van der Waals surface area contributed by atoms with E-state index in [4.69, 9.17) is 16.9 Å². The Bertz CT molecular complexity index is 847. The molecule has 0 aliphatic heterocycles. The second-order valence-electron chi connectivity index (χ2n) is 5.92. The van der Waals surface area contributed by atoms with E-state index in [0.29, 0.717) is 26.9 Å². The molecule has 0 fully saturated rings. The summed E-state index contributed by atoms with van der Waals surface area (Å²) in [5.41, 5.74) is 1.38. The van der Waals surface area contributed by atoms with Gasteiger partial charge in [0.2, 0.25) is 0 Å². The zero-order chi connectivity index (χ0) is 19.1. The Morgan fingerprint density at radius 2 is 1.73 bits per heavy atom. The highest BCUT2D eigenvalue weighted by Gasteiger charge is 2.24. The maximum absolute atomic E-state index is 12.4. The Hall–Kier alpha value is -2.88. The van der Waals surface area contributed by atoms with Crippen molar-refractivity contribution < 1.29 is 14.5 Å². The maximum Gasteiger partial charge on any atom is 0.282 e. The molecule has 2 aromatic carbocycles. The highest BCUT2D eigenvalue weighted by molar-refractivity contribution is 6.33. The number of rotatable bonds is 6. The summed E-state index contributed by atoms with van der Waals surface area (Å²) in [5, 5.41) is 15.0. The fourth-order valence-corrected chi connectivity index (χ4v) is 2.50. The Balaban J connectivity index is 1.95. The standard InChI is InChI=1S/C19H19ClN4O2/c1-13(19(26)23-16-9-5-3-7-14(16)11-21)24(2)12-18(25)22-17-10-6-4-8-15(17)20/h3-10,13H,12H2,1-2H3,(H,22,25)(H,23,26)/p+1/t13-/m1/s1. The molecule has 0 heterocycles. The van der Waals surface area contributed by atoms with Crippen LogP contribution in [0.25, 0.3) is 0 Å². The van der Waals surface area contributed by atoms with E-state index in [1.165, 1.54) is 0 Å². The van der Waals surface area contributed by atoms with E-state index >= 15 is 0 Å². The number of hydrogen-bond acceptors (Lipinski definition) is 3. The van der Waals surface area contributed by atoms with Gasteiger partial charge < -0.3 is 15.5 Å². The average molecular weight is 372 g/mol. The highest BCUT2D eigenvalue weighted by Crippen LogP contribution is 2.20. The summed E-state index contributed by atoms with van der Waals surface area (Å²) >= 11 is 6.02. The van der Waals surface area contributed by atoms with Crippen molar-refractivity contribution in [1.29, 1.82) is 5.26 Å². The van der Waals surface area contributed by atoms with Crippen molar-refractivity contribution in [3.63, 3.8) is 0 Å². The summed E-state index contributed by atoms with van der Waals surface area (Å²) in [5.74, 6) is -0.511. The van der Waals surface area contributed by atoms with E-state index in [0.717, 1.165) is 0 Å². The number of likely N-dealkylation sites (N-methyl/N-ethyl adjacent to an activating group) is 1. The van der Waals surface area contributed by atoms with Gasteiger partial charge in [0.05, 0.1) is 29.0 Å². The third kappa shape index (κ3) is 5.06. The molecule has 0 saturated carbocycles. The van der Waals surface area contributed by atoms with E-state index in [-0.39, 0.29) is 18.4 Å². The third-order valence-corrected chi connectivity index (χ3v) is 4.35. The first kappa shape index (κ1) is 19.4. The number of para-hydroxylation sites is 2. The van der Waals surface area contributed by atoms with Gasteiger partial charge in [0.1, 0.15) is 6.07 Å². The van der Waals surface area contributed by atoms with Gasteiger partial charge in [0.25, 0.3) is 11.8 Å². The summed E-state index contributed by atoms with van der Waals surface area (Å²) in [6.07, 6.45) is 0. The van der Waals surface area contributed by atoms with Crippen molar-refractivity contribution in [3.05, 3.63) is 59.1 Å². The van der Waals surface area contributed by atoms with Crippen LogP contribution in [0.1, 0.15) is 12.5 Å². The lowest BCUT2D eigenvalue weighted by Crippen LogP contribution is -3.14. The van der Waals surface area contributed by atoms with Crippen LogP contribution in [-0.4, -0.2) is 31.4 Å². The number of anilines is 2. The van der Waals surface area contributed by atoms with Crippen LogP contribution in [0.2, 0.25) is 5.02 Å². The van der Waals surface area contributed by atoms with Crippen molar-refractivity contribution in [3.8, 4) is 6.07 Å². The first-order valence-corrected chi connectivity index (χ1v) is 8.47. The molecule has 2 aromatic rings. The van der Waals surface area contributed by atoms with Crippen molar-refractivity contribution >= 4 is 34.8 Å². The Morgan fingerprint density at radius 1 is 1.12 bits per heavy atom. The maximum atomic E-state index is 12.4. The predicted molar refractivity (Wildman–Crippen MR) is 101 cm³/mol. The van der Waals surface area contributed by atoms with E-state index in [2.05, 4.69) is 10.6 Å². The number of nitrogens with zero attached hydrogens (tertiary/aromatic N) is 1. The minimum Gasteiger partial charge on any atom is -0.320 e.